The molecule has 88 valence electrons. The standard InChI is InChI=1S/C14H21NO/c1-10-4-5-12(8-11(10)2)14(3,16)9-15-13-6-7-13/h4-5,8,13,15-16H,6-7,9H2,1-3H3. The lowest BCUT2D eigenvalue weighted by atomic mass is 9.93. The van der Waals surface area contributed by atoms with E-state index < -0.39 is 5.60 Å². The molecular weight excluding hydrogens is 198 g/mol. The summed E-state index contributed by atoms with van der Waals surface area (Å²) in [5, 5.41) is 13.8. The molecule has 1 aromatic carbocycles. The predicted molar refractivity (Wildman–Crippen MR) is 66.5 cm³/mol. The highest BCUT2D eigenvalue weighted by Gasteiger charge is 2.28. The molecule has 1 fully saturated rings. The molecule has 2 rings (SSSR count). The molecule has 1 aromatic rings. The van der Waals surface area contributed by atoms with E-state index in [0.29, 0.717) is 12.6 Å². The molecule has 1 unspecified atom stereocenters. The SMILES string of the molecule is Cc1ccc(C(C)(O)CNC2CC2)cc1C. The number of hydrogen-bond donors (Lipinski definition) is 2. The highest BCUT2D eigenvalue weighted by Crippen LogP contribution is 2.25. The lowest BCUT2D eigenvalue weighted by Crippen LogP contribution is -2.36. The van der Waals surface area contributed by atoms with E-state index >= 15 is 0 Å². The second-order valence-corrected chi connectivity index (χ2v) is 5.23. The summed E-state index contributed by atoms with van der Waals surface area (Å²) >= 11 is 0. The summed E-state index contributed by atoms with van der Waals surface area (Å²) in [5.74, 6) is 0. The molecule has 2 N–H and O–H groups in total. The van der Waals surface area contributed by atoms with Gasteiger partial charge in [-0.25, -0.2) is 0 Å². The third kappa shape index (κ3) is 2.63. The average molecular weight is 219 g/mol. The Kier molecular flexibility index (Phi) is 3.04. The van der Waals surface area contributed by atoms with Crippen LogP contribution >= 0.6 is 0 Å². The van der Waals surface area contributed by atoms with Gasteiger partial charge < -0.3 is 10.4 Å². The lowest BCUT2D eigenvalue weighted by molar-refractivity contribution is 0.0565. The molecule has 0 spiro atoms. The molecule has 1 atom stereocenters. The van der Waals surface area contributed by atoms with E-state index in [1.165, 1.54) is 24.0 Å². The van der Waals surface area contributed by atoms with E-state index in [4.69, 9.17) is 0 Å². The van der Waals surface area contributed by atoms with Gasteiger partial charge in [0.05, 0.1) is 5.60 Å². The first kappa shape index (κ1) is 11.6. The fraction of sp³-hybridized carbons (Fsp3) is 0.571. The Hall–Kier alpha value is -0.860. The smallest absolute Gasteiger partial charge is 0.0992 e. The maximum absolute atomic E-state index is 10.4. The average Bonchev–Trinajstić information content (AvgIpc) is 3.03. The van der Waals surface area contributed by atoms with Crippen molar-refractivity contribution in [3.63, 3.8) is 0 Å². The predicted octanol–water partition coefficient (Wildman–Crippen LogP) is 2.26. The van der Waals surface area contributed by atoms with Gasteiger partial charge in [-0.05, 0) is 50.3 Å². The minimum absolute atomic E-state index is 0.637. The van der Waals surface area contributed by atoms with Gasteiger partial charge in [-0.15, -0.1) is 0 Å². The number of rotatable bonds is 4. The number of benzene rings is 1. The Morgan fingerprint density at radius 2 is 2.00 bits per heavy atom. The summed E-state index contributed by atoms with van der Waals surface area (Å²) in [6.07, 6.45) is 2.51. The van der Waals surface area contributed by atoms with E-state index in [1.54, 1.807) is 0 Å². The van der Waals surface area contributed by atoms with Gasteiger partial charge in [-0.3, -0.25) is 0 Å². The number of nitrogens with one attached hydrogen (secondary N) is 1. The van der Waals surface area contributed by atoms with Gasteiger partial charge in [0, 0.05) is 12.6 Å². The van der Waals surface area contributed by atoms with Crippen LogP contribution in [0, 0.1) is 13.8 Å². The second kappa shape index (κ2) is 4.19. The van der Waals surface area contributed by atoms with E-state index in [-0.39, 0.29) is 0 Å². The van der Waals surface area contributed by atoms with Crippen LogP contribution in [-0.2, 0) is 5.60 Å². The Bertz CT molecular complexity index is 380. The third-order valence-corrected chi connectivity index (χ3v) is 3.44. The van der Waals surface area contributed by atoms with Gasteiger partial charge in [-0.2, -0.15) is 0 Å². The zero-order valence-electron chi connectivity index (χ0n) is 10.4. The monoisotopic (exact) mass is 219 g/mol. The zero-order chi connectivity index (χ0) is 11.8. The molecule has 0 saturated heterocycles. The lowest BCUT2D eigenvalue weighted by Gasteiger charge is -2.25. The van der Waals surface area contributed by atoms with Crippen molar-refractivity contribution >= 4 is 0 Å². The number of aryl methyl sites for hydroxylation is 2. The largest absolute Gasteiger partial charge is 0.384 e. The molecule has 0 radical (unpaired) electrons. The van der Waals surface area contributed by atoms with Crippen molar-refractivity contribution in [3.05, 3.63) is 34.9 Å². The summed E-state index contributed by atoms with van der Waals surface area (Å²) in [6, 6.07) is 6.83. The van der Waals surface area contributed by atoms with Crippen molar-refractivity contribution in [2.75, 3.05) is 6.54 Å². The molecule has 1 aliphatic carbocycles. The van der Waals surface area contributed by atoms with Crippen molar-refractivity contribution in [3.8, 4) is 0 Å². The molecule has 0 aromatic heterocycles. The second-order valence-electron chi connectivity index (χ2n) is 5.23. The first-order valence-electron chi connectivity index (χ1n) is 6.02. The Morgan fingerprint density at radius 1 is 1.31 bits per heavy atom. The molecule has 1 aliphatic rings. The Balaban J connectivity index is 2.09. The summed E-state index contributed by atoms with van der Waals surface area (Å²) < 4.78 is 0. The maximum Gasteiger partial charge on any atom is 0.0992 e. The highest BCUT2D eigenvalue weighted by molar-refractivity contribution is 5.33. The minimum atomic E-state index is -0.763. The first-order chi connectivity index (χ1) is 7.49. The van der Waals surface area contributed by atoms with Crippen LogP contribution < -0.4 is 5.32 Å². The molecule has 0 heterocycles. The number of aliphatic hydroxyl groups is 1. The summed E-state index contributed by atoms with van der Waals surface area (Å²) in [7, 11) is 0. The Labute approximate surface area is 97.7 Å². The molecule has 2 nitrogen and oxygen atoms in total. The van der Waals surface area contributed by atoms with Crippen LogP contribution in [-0.4, -0.2) is 17.7 Å². The molecular formula is C14H21NO. The van der Waals surface area contributed by atoms with Crippen LogP contribution in [0.5, 0.6) is 0 Å². The van der Waals surface area contributed by atoms with Crippen molar-refractivity contribution in [1.29, 1.82) is 0 Å². The van der Waals surface area contributed by atoms with Crippen LogP contribution in [0.3, 0.4) is 0 Å². The van der Waals surface area contributed by atoms with E-state index in [1.807, 2.05) is 13.0 Å². The van der Waals surface area contributed by atoms with Gasteiger partial charge in [-0.1, -0.05) is 18.2 Å². The highest BCUT2D eigenvalue weighted by atomic mass is 16.3. The molecule has 16 heavy (non-hydrogen) atoms. The van der Waals surface area contributed by atoms with Crippen molar-refractivity contribution in [2.24, 2.45) is 0 Å². The normalized spacial score (nSPS) is 19.5. The van der Waals surface area contributed by atoms with Gasteiger partial charge in [0.2, 0.25) is 0 Å². The fourth-order valence-corrected chi connectivity index (χ4v) is 1.81. The van der Waals surface area contributed by atoms with Crippen molar-refractivity contribution < 1.29 is 5.11 Å². The van der Waals surface area contributed by atoms with Crippen LogP contribution in [0.1, 0.15) is 36.5 Å². The van der Waals surface area contributed by atoms with E-state index in [9.17, 15) is 5.11 Å². The van der Waals surface area contributed by atoms with Crippen LogP contribution in [0.2, 0.25) is 0 Å². The van der Waals surface area contributed by atoms with Gasteiger partial charge in [0.1, 0.15) is 0 Å². The van der Waals surface area contributed by atoms with Crippen molar-refractivity contribution in [1.82, 2.24) is 5.32 Å². The quantitative estimate of drug-likeness (QED) is 0.814. The molecule has 0 aliphatic heterocycles. The van der Waals surface area contributed by atoms with Crippen LogP contribution in [0.15, 0.2) is 18.2 Å². The van der Waals surface area contributed by atoms with E-state index in [2.05, 4.69) is 31.3 Å². The van der Waals surface area contributed by atoms with Crippen LogP contribution in [0.25, 0.3) is 0 Å². The van der Waals surface area contributed by atoms with Crippen LogP contribution in [0.4, 0.5) is 0 Å². The Morgan fingerprint density at radius 3 is 2.56 bits per heavy atom. The summed E-state index contributed by atoms with van der Waals surface area (Å²) in [4.78, 5) is 0. The first-order valence-corrected chi connectivity index (χ1v) is 6.02. The summed E-state index contributed by atoms with van der Waals surface area (Å²) in [5.41, 5.74) is 2.75. The van der Waals surface area contributed by atoms with Gasteiger partial charge >= 0.3 is 0 Å². The zero-order valence-corrected chi connectivity index (χ0v) is 10.4. The fourth-order valence-electron chi connectivity index (χ4n) is 1.81. The molecule has 0 amide bonds. The number of hydrogen-bond acceptors (Lipinski definition) is 2. The molecule has 0 bridgehead atoms. The van der Waals surface area contributed by atoms with E-state index in [0.717, 1.165) is 5.56 Å². The maximum atomic E-state index is 10.4. The molecule has 1 saturated carbocycles. The third-order valence-electron chi connectivity index (χ3n) is 3.44. The topological polar surface area (TPSA) is 32.3 Å². The van der Waals surface area contributed by atoms with Gasteiger partial charge in [0.15, 0.2) is 0 Å². The molecule has 2 heteroatoms. The van der Waals surface area contributed by atoms with Crippen molar-refractivity contribution in [2.45, 2.75) is 45.3 Å². The van der Waals surface area contributed by atoms with Gasteiger partial charge in [0.25, 0.3) is 0 Å². The minimum Gasteiger partial charge on any atom is -0.384 e. The summed E-state index contributed by atoms with van der Waals surface area (Å²) in [6.45, 7) is 6.70.